The molecule has 20 heavy (non-hydrogen) atoms. The van der Waals surface area contributed by atoms with E-state index < -0.39 is 10.0 Å². The number of hydrogen-bond donors (Lipinski definition) is 2. The molecule has 0 amide bonds. The number of rotatable bonds is 6. The summed E-state index contributed by atoms with van der Waals surface area (Å²) < 4.78 is 31.8. The molecular formula is C12H14N2O4S2. The third kappa shape index (κ3) is 3.69. The molecule has 0 atom stereocenters. The summed E-state index contributed by atoms with van der Waals surface area (Å²) in [5.74, 6) is 0.503. The lowest BCUT2D eigenvalue weighted by molar-refractivity contribution is 0.201. The first-order valence-electron chi connectivity index (χ1n) is 5.80. The van der Waals surface area contributed by atoms with Gasteiger partial charge >= 0.3 is 0 Å². The van der Waals surface area contributed by atoms with Crippen molar-refractivity contribution >= 4 is 26.5 Å². The number of benzene rings is 1. The standard InChI is InChI=1S/C12H14N2O4S2/c1-9-8-19-12(13-9)14-20(16,17)11-4-2-10(3-5-11)18-7-6-15/h2-5,8,15H,6-7H2,1H3,(H,13,14). The van der Waals surface area contributed by atoms with Crippen molar-refractivity contribution in [2.75, 3.05) is 17.9 Å². The molecule has 2 rings (SSSR count). The number of aryl methyl sites for hydroxylation is 1. The van der Waals surface area contributed by atoms with Gasteiger partial charge in [0.2, 0.25) is 0 Å². The van der Waals surface area contributed by atoms with E-state index in [0.717, 1.165) is 5.69 Å². The predicted molar refractivity (Wildman–Crippen MR) is 76.7 cm³/mol. The molecule has 0 bridgehead atoms. The van der Waals surface area contributed by atoms with Gasteiger partial charge < -0.3 is 9.84 Å². The Hall–Kier alpha value is -1.64. The molecule has 108 valence electrons. The van der Waals surface area contributed by atoms with Gasteiger partial charge in [-0.2, -0.15) is 0 Å². The molecule has 1 heterocycles. The zero-order chi connectivity index (χ0) is 14.6. The summed E-state index contributed by atoms with van der Waals surface area (Å²) in [6, 6.07) is 5.96. The Morgan fingerprint density at radius 2 is 2.05 bits per heavy atom. The molecule has 8 heteroatoms. The summed E-state index contributed by atoms with van der Waals surface area (Å²) in [5, 5.41) is 10.7. The molecule has 6 nitrogen and oxygen atoms in total. The molecule has 0 aliphatic heterocycles. The van der Waals surface area contributed by atoms with Crippen LogP contribution in [0.25, 0.3) is 0 Å². The Bertz CT molecular complexity index is 665. The molecule has 2 aromatic rings. The predicted octanol–water partition coefficient (Wildman–Crippen LogP) is 1.62. The van der Waals surface area contributed by atoms with E-state index in [-0.39, 0.29) is 18.1 Å². The lowest BCUT2D eigenvalue weighted by Gasteiger charge is -2.07. The average molecular weight is 314 g/mol. The third-order valence-corrected chi connectivity index (χ3v) is 4.69. The van der Waals surface area contributed by atoms with Crippen molar-refractivity contribution in [3.63, 3.8) is 0 Å². The van der Waals surface area contributed by atoms with Gasteiger partial charge in [-0.15, -0.1) is 11.3 Å². The van der Waals surface area contributed by atoms with Crippen molar-refractivity contribution in [3.8, 4) is 5.75 Å². The highest BCUT2D eigenvalue weighted by Gasteiger charge is 2.15. The zero-order valence-electron chi connectivity index (χ0n) is 10.7. The van der Waals surface area contributed by atoms with Crippen molar-refractivity contribution in [1.29, 1.82) is 0 Å². The first kappa shape index (κ1) is 14.8. The number of anilines is 1. The molecule has 0 fully saturated rings. The fourth-order valence-corrected chi connectivity index (χ4v) is 3.39. The molecular weight excluding hydrogens is 300 g/mol. The Balaban J connectivity index is 2.13. The molecule has 1 aromatic carbocycles. The van der Waals surface area contributed by atoms with E-state index in [1.54, 1.807) is 12.3 Å². The number of thiazole rings is 1. The van der Waals surface area contributed by atoms with Crippen molar-refractivity contribution < 1.29 is 18.3 Å². The smallest absolute Gasteiger partial charge is 0.263 e. The van der Waals surface area contributed by atoms with Crippen LogP contribution in [0.15, 0.2) is 34.5 Å². The largest absolute Gasteiger partial charge is 0.491 e. The molecule has 0 spiro atoms. The first-order chi connectivity index (χ1) is 9.51. The first-order valence-corrected chi connectivity index (χ1v) is 8.16. The quantitative estimate of drug-likeness (QED) is 0.846. The normalized spacial score (nSPS) is 11.3. The van der Waals surface area contributed by atoms with E-state index in [1.165, 1.54) is 35.6 Å². The average Bonchev–Trinajstić information content (AvgIpc) is 2.81. The second-order valence-corrected chi connectivity index (χ2v) is 6.48. The van der Waals surface area contributed by atoms with Gasteiger partial charge in [-0.25, -0.2) is 13.4 Å². The molecule has 0 aliphatic rings. The minimum atomic E-state index is -3.64. The van der Waals surface area contributed by atoms with Crippen LogP contribution in [-0.4, -0.2) is 31.7 Å². The SMILES string of the molecule is Cc1csc(NS(=O)(=O)c2ccc(OCCO)cc2)n1. The summed E-state index contributed by atoms with van der Waals surface area (Å²) in [7, 11) is -3.64. The van der Waals surface area contributed by atoms with E-state index in [9.17, 15) is 8.42 Å². The van der Waals surface area contributed by atoms with Crippen LogP contribution in [0.4, 0.5) is 5.13 Å². The highest BCUT2D eigenvalue weighted by atomic mass is 32.2. The minimum absolute atomic E-state index is 0.0923. The van der Waals surface area contributed by atoms with Gasteiger partial charge in [0, 0.05) is 5.38 Å². The summed E-state index contributed by atoms with van der Waals surface area (Å²) in [6.45, 7) is 1.87. The van der Waals surface area contributed by atoms with E-state index in [2.05, 4.69) is 9.71 Å². The summed E-state index contributed by atoms with van der Waals surface area (Å²) in [5.41, 5.74) is 0.764. The van der Waals surface area contributed by atoms with Crippen LogP contribution in [0.1, 0.15) is 5.69 Å². The number of aromatic nitrogens is 1. The van der Waals surface area contributed by atoms with Crippen molar-refractivity contribution in [2.45, 2.75) is 11.8 Å². The molecule has 0 radical (unpaired) electrons. The number of ether oxygens (including phenoxy) is 1. The lowest BCUT2D eigenvalue weighted by Crippen LogP contribution is -2.12. The van der Waals surface area contributed by atoms with E-state index in [0.29, 0.717) is 10.9 Å². The van der Waals surface area contributed by atoms with E-state index in [4.69, 9.17) is 9.84 Å². The van der Waals surface area contributed by atoms with Gasteiger partial charge in [-0.05, 0) is 31.2 Å². The maximum Gasteiger partial charge on any atom is 0.263 e. The highest BCUT2D eigenvalue weighted by molar-refractivity contribution is 7.93. The van der Waals surface area contributed by atoms with Gasteiger partial charge in [0.25, 0.3) is 10.0 Å². The van der Waals surface area contributed by atoms with Crippen molar-refractivity contribution in [3.05, 3.63) is 35.3 Å². The van der Waals surface area contributed by atoms with Gasteiger partial charge in [0.15, 0.2) is 5.13 Å². The second kappa shape index (κ2) is 6.21. The lowest BCUT2D eigenvalue weighted by atomic mass is 10.3. The van der Waals surface area contributed by atoms with Crippen LogP contribution < -0.4 is 9.46 Å². The maximum atomic E-state index is 12.1. The van der Waals surface area contributed by atoms with Crippen molar-refractivity contribution in [2.24, 2.45) is 0 Å². The van der Waals surface area contributed by atoms with Gasteiger partial charge in [-0.3, -0.25) is 4.72 Å². The van der Waals surface area contributed by atoms with Gasteiger partial charge in [0.05, 0.1) is 17.2 Å². The molecule has 0 aliphatic carbocycles. The van der Waals surface area contributed by atoms with E-state index in [1.807, 2.05) is 0 Å². The Labute approximate surface area is 121 Å². The van der Waals surface area contributed by atoms with Crippen LogP contribution in [0, 0.1) is 6.92 Å². The fraction of sp³-hybridized carbons (Fsp3) is 0.250. The zero-order valence-corrected chi connectivity index (χ0v) is 12.4. The van der Waals surface area contributed by atoms with Crippen LogP contribution in [-0.2, 0) is 10.0 Å². The number of hydrogen-bond acceptors (Lipinski definition) is 6. The number of sulfonamides is 1. The number of nitrogens with zero attached hydrogens (tertiary/aromatic N) is 1. The third-order valence-electron chi connectivity index (χ3n) is 2.33. The summed E-state index contributed by atoms with van der Waals surface area (Å²) in [4.78, 5) is 4.18. The van der Waals surface area contributed by atoms with Gasteiger partial charge in [-0.1, -0.05) is 0 Å². The summed E-state index contributed by atoms with van der Waals surface area (Å²) >= 11 is 1.23. The van der Waals surface area contributed by atoms with Crippen LogP contribution >= 0.6 is 11.3 Å². The van der Waals surface area contributed by atoms with Crippen LogP contribution in [0.2, 0.25) is 0 Å². The minimum Gasteiger partial charge on any atom is -0.491 e. The van der Waals surface area contributed by atoms with Crippen molar-refractivity contribution in [1.82, 2.24) is 4.98 Å². The molecule has 0 saturated heterocycles. The monoisotopic (exact) mass is 314 g/mol. The number of aliphatic hydroxyl groups excluding tert-OH is 1. The molecule has 0 unspecified atom stereocenters. The van der Waals surface area contributed by atoms with Crippen LogP contribution in [0.5, 0.6) is 5.75 Å². The Morgan fingerprint density at radius 3 is 2.60 bits per heavy atom. The molecule has 2 N–H and O–H groups in total. The fourth-order valence-electron chi connectivity index (χ4n) is 1.45. The number of nitrogens with one attached hydrogen (secondary N) is 1. The number of aliphatic hydroxyl groups is 1. The van der Waals surface area contributed by atoms with Gasteiger partial charge in [0.1, 0.15) is 12.4 Å². The van der Waals surface area contributed by atoms with Crippen LogP contribution in [0.3, 0.4) is 0 Å². The molecule has 1 aromatic heterocycles. The molecule has 0 saturated carbocycles. The second-order valence-electron chi connectivity index (χ2n) is 3.94. The summed E-state index contributed by atoms with van der Waals surface area (Å²) in [6.07, 6.45) is 0. The van der Waals surface area contributed by atoms with E-state index >= 15 is 0 Å². The highest BCUT2D eigenvalue weighted by Crippen LogP contribution is 2.21. The maximum absolute atomic E-state index is 12.1. The Morgan fingerprint density at radius 1 is 1.35 bits per heavy atom. The Kier molecular flexibility index (Phi) is 4.58. The topological polar surface area (TPSA) is 88.5 Å².